The van der Waals surface area contributed by atoms with Crippen molar-refractivity contribution in [1.29, 1.82) is 0 Å². The Bertz CT molecular complexity index is 575. The Morgan fingerprint density at radius 1 is 1.29 bits per heavy atom. The molecule has 0 saturated carbocycles. The molecule has 6 heteroatoms. The van der Waals surface area contributed by atoms with Gasteiger partial charge >= 0.3 is 0 Å². The standard InChI is InChI=1S/C18H26FN3O2/c1-20-7-9-21(10-8-20)18(24)5-6-22-13-16(23)12-17(22)14-3-2-4-15(19)11-14/h2-4,11,16-17,23H,5-10,12-13H2,1H3/t16-,17-/m1/s1. The zero-order valence-corrected chi connectivity index (χ0v) is 14.2. The van der Waals surface area contributed by atoms with Gasteiger partial charge < -0.3 is 14.9 Å². The fraction of sp³-hybridized carbons (Fsp3) is 0.611. The molecule has 2 fully saturated rings. The molecule has 0 aliphatic carbocycles. The molecule has 3 rings (SSSR count). The Kier molecular flexibility index (Phi) is 5.48. The quantitative estimate of drug-likeness (QED) is 0.895. The number of carbonyl (C=O) groups is 1. The molecule has 1 N–H and O–H groups in total. The summed E-state index contributed by atoms with van der Waals surface area (Å²) in [5.41, 5.74) is 0.874. The maximum absolute atomic E-state index is 13.5. The lowest BCUT2D eigenvalue weighted by Crippen LogP contribution is -2.47. The van der Waals surface area contributed by atoms with Gasteiger partial charge in [0.15, 0.2) is 0 Å². The first-order valence-electron chi connectivity index (χ1n) is 8.67. The van der Waals surface area contributed by atoms with Gasteiger partial charge in [-0.3, -0.25) is 9.69 Å². The van der Waals surface area contributed by atoms with Crippen molar-refractivity contribution < 1.29 is 14.3 Å². The number of piperazine rings is 1. The predicted molar refractivity (Wildman–Crippen MR) is 90.0 cm³/mol. The monoisotopic (exact) mass is 335 g/mol. The number of likely N-dealkylation sites (N-methyl/N-ethyl adjacent to an activating group) is 1. The van der Waals surface area contributed by atoms with E-state index in [4.69, 9.17) is 0 Å². The normalized spacial score (nSPS) is 26.0. The van der Waals surface area contributed by atoms with E-state index in [2.05, 4.69) is 16.8 Å². The van der Waals surface area contributed by atoms with E-state index in [1.165, 1.54) is 12.1 Å². The Labute approximate surface area is 142 Å². The highest BCUT2D eigenvalue weighted by Crippen LogP contribution is 2.32. The molecule has 1 aromatic rings. The Hall–Kier alpha value is -1.50. The summed E-state index contributed by atoms with van der Waals surface area (Å²) >= 11 is 0. The van der Waals surface area contributed by atoms with Gasteiger partial charge in [-0.2, -0.15) is 0 Å². The van der Waals surface area contributed by atoms with Gasteiger partial charge in [0.25, 0.3) is 0 Å². The Balaban J connectivity index is 1.58. The predicted octanol–water partition coefficient (Wildman–Crippen LogP) is 1.10. The molecule has 0 spiro atoms. The van der Waals surface area contributed by atoms with E-state index in [0.717, 1.165) is 31.7 Å². The van der Waals surface area contributed by atoms with Gasteiger partial charge in [0.2, 0.25) is 5.91 Å². The molecule has 2 atom stereocenters. The van der Waals surface area contributed by atoms with Crippen molar-refractivity contribution in [2.45, 2.75) is 25.0 Å². The van der Waals surface area contributed by atoms with Crippen LogP contribution in [0.25, 0.3) is 0 Å². The average Bonchev–Trinajstić information content (AvgIpc) is 2.94. The number of likely N-dealkylation sites (tertiary alicyclic amines) is 1. The molecule has 0 aromatic heterocycles. The van der Waals surface area contributed by atoms with Gasteiger partial charge in [0, 0.05) is 51.7 Å². The molecule has 1 aromatic carbocycles. The number of rotatable bonds is 4. The van der Waals surface area contributed by atoms with E-state index in [9.17, 15) is 14.3 Å². The smallest absolute Gasteiger partial charge is 0.223 e. The van der Waals surface area contributed by atoms with E-state index in [-0.39, 0.29) is 17.8 Å². The van der Waals surface area contributed by atoms with Crippen LogP contribution in [0.1, 0.15) is 24.4 Å². The molecule has 5 nitrogen and oxygen atoms in total. The summed E-state index contributed by atoms with van der Waals surface area (Å²) in [5.74, 6) is -0.0927. The van der Waals surface area contributed by atoms with Crippen LogP contribution in [0.5, 0.6) is 0 Å². The first-order chi connectivity index (χ1) is 11.5. The summed E-state index contributed by atoms with van der Waals surface area (Å²) in [6.45, 7) is 4.54. The third kappa shape index (κ3) is 4.12. The maximum atomic E-state index is 13.5. The molecule has 132 valence electrons. The summed E-state index contributed by atoms with van der Waals surface area (Å²) in [7, 11) is 2.07. The number of amides is 1. The molecular weight excluding hydrogens is 309 g/mol. The molecule has 2 aliphatic heterocycles. The largest absolute Gasteiger partial charge is 0.392 e. The number of hydrogen-bond donors (Lipinski definition) is 1. The van der Waals surface area contributed by atoms with Gasteiger partial charge in [0.05, 0.1) is 6.10 Å². The highest BCUT2D eigenvalue weighted by atomic mass is 19.1. The SMILES string of the molecule is CN1CCN(C(=O)CCN2C[C@H](O)C[C@@H]2c2cccc(F)c2)CC1. The van der Waals surface area contributed by atoms with Gasteiger partial charge in [-0.05, 0) is 31.2 Å². The third-order valence-corrected chi connectivity index (χ3v) is 5.08. The van der Waals surface area contributed by atoms with Gasteiger partial charge in [-0.25, -0.2) is 4.39 Å². The Morgan fingerprint density at radius 3 is 2.75 bits per heavy atom. The molecule has 0 bridgehead atoms. The minimum absolute atomic E-state index is 0.0176. The van der Waals surface area contributed by atoms with Crippen LogP contribution >= 0.6 is 0 Å². The lowest BCUT2D eigenvalue weighted by Gasteiger charge is -2.33. The van der Waals surface area contributed by atoms with Crippen molar-refractivity contribution in [1.82, 2.24) is 14.7 Å². The van der Waals surface area contributed by atoms with Crippen LogP contribution in [0.2, 0.25) is 0 Å². The fourth-order valence-corrected chi connectivity index (χ4v) is 3.64. The highest BCUT2D eigenvalue weighted by molar-refractivity contribution is 5.76. The zero-order valence-electron chi connectivity index (χ0n) is 14.2. The summed E-state index contributed by atoms with van der Waals surface area (Å²) in [4.78, 5) is 18.6. The molecule has 2 saturated heterocycles. The van der Waals surface area contributed by atoms with Crippen molar-refractivity contribution in [3.8, 4) is 0 Å². The molecule has 0 unspecified atom stereocenters. The van der Waals surface area contributed by atoms with Gasteiger partial charge in [-0.15, -0.1) is 0 Å². The minimum atomic E-state index is -0.419. The van der Waals surface area contributed by atoms with Crippen LogP contribution in [0.3, 0.4) is 0 Å². The number of aliphatic hydroxyl groups excluding tert-OH is 1. The average molecular weight is 335 g/mol. The second-order valence-electron chi connectivity index (χ2n) is 6.89. The van der Waals surface area contributed by atoms with E-state index in [0.29, 0.717) is 25.9 Å². The van der Waals surface area contributed by atoms with E-state index in [1.54, 1.807) is 6.07 Å². The summed E-state index contributed by atoms with van der Waals surface area (Å²) in [5, 5.41) is 10.0. The van der Waals surface area contributed by atoms with Crippen LogP contribution in [-0.4, -0.2) is 78.1 Å². The topological polar surface area (TPSA) is 47.0 Å². The van der Waals surface area contributed by atoms with Crippen molar-refractivity contribution >= 4 is 5.91 Å². The lowest BCUT2D eigenvalue weighted by molar-refractivity contribution is -0.133. The summed E-state index contributed by atoms with van der Waals surface area (Å²) < 4.78 is 13.5. The lowest BCUT2D eigenvalue weighted by atomic mass is 10.0. The van der Waals surface area contributed by atoms with Crippen molar-refractivity contribution in [3.05, 3.63) is 35.6 Å². The maximum Gasteiger partial charge on any atom is 0.223 e. The fourth-order valence-electron chi connectivity index (χ4n) is 3.64. The Morgan fingerprint density at radius 2 is 2.04 bits per heavy atom. The number of aliphatic hydroxyl groups is 1. The zero-order chi connectivity index (χ0) is 17.1. The minimum Gasteiger partial charge on any atom is -0.392 e. The number of nitrogens with zero attached hydrogens (tertiary/aromatic N) is 3. The van der Waals surface area contributed by atoms with E-state index < -0.39 is 6.10 Å². The first kappa shape index (κ1) is 17.3. The molecule has 2 aliphatic rings. The second kappa shape index (κ2) is 7.59. The third-order valence-electron chi connectivity index (χ3n) is 5.08. The van der Waals surface area contributed by atoms with Crippen molar-refractivity contribution in [3.63, 3.8) is 0 Å². The molecule has 24 heavy (non-hydrogen) atoms. The van der Waals surface area contributed by atoms with Crippen LogP contribution in [0.4, 0.5) is 4.39 Å². The highest BCUT2D eigenvalue weighted by Gasteiger charge is 2.32. The van der Waals surface area contributed by atoms with Crippen molar-refractivity contribution in [2.75, 3.05) is 46.3 Å². The molecular formula is C18H26FN3O2. The van der Waals surface area contributed by atoms with Crippen LogP contribution in [0.15, 0.2) is 24.3 Å². The number of benzene rings is 1. The van der Waals surface area contributed by atoms with E-state index >= 15 is 0 Å². The van der Waals surface area contributed by atoms with Crippen LogP contribution in [-0.2, 0) is 4.79 Å². The number of carbonyl (C=O) groups excluding carboxylic acids is 1. The van der Waals surface area contributed by atoms with Crippen molar-refractivity contribution in [2.24, 2.45) is 0 Å². The van der Waals surface area contributed by atoms with Crippen LogP contribution < -0.4 is 0 Å². The molecule has 0 radical (unpaired) electrons. The summed E-state index contributed by atoms with van der Waals surface area (Å²) in [6.07, 6.45) is 0.617. The van der Waals surface area contributed by atoms with Gasteiger partial charge in [-0.1, -0.05) is 12.1 Å². The van der Waals surface area contributed by atoms with Crippen LogP contribution in [0, 0.1) is 5.82 Å². The molecule has 1 amide bonds. The summed E-state index contributed by atoms with van der Waals surface area (Å²) in [6, 6.07) is 6.52. The number of halogens is 1. The molecule has 2 heterocycles. The van der Waals surface area contributed by atoms with Gasteiger partial charge in [0.1, 0.15) is 5.82 Å². The van der Waals surface area contributed by atoms with E-state index in [1.807, 2.05) is 11.0 Å². The number of β-amino-alcohol motifs (C(OH)–C–C–N with tert-alkyl or cyclic N) is 1. The second-order valence-corrected chi connectivity index (χ2v) is 6.89. The number of hydrogen-bond acceptors (Lipinski definition) is 4. The first-order valence-corrected chi connectivity index (χ1v) is 8.67.